The topological polar surface area (TPSA) is 62.4 Å². The van der Waals surface area contributed by atoms with Crippen molar-refractivity contribution in [3.63, 3.8) is 0 Å². The zero-order chi connectivity index (χ0) is 19.6. The van der Waals surface area contributed by atoms with Crippen LogP contribution in [-0.2, 0) is 4.79 Å². The number of methoxy groups -OCH3 is 1. The fourth-order valence-corrected chi connectivity index (χ4v) is 3.11. The minimum absolute atomic E-state index is 0.150. The first kappa shape index (κ1) is 18.8. The molecule has 0 saturated heterocycles. The third-order valence-corrected chi connectivity index (χ3v) is 4.34. The van der Waals surface area contributed by atoms with Crippen LogP contribution in [0.3, 0.4) is 0 Å². The number of thiocarbonyl (C=S) groups is 1. The van der Waals surface area contributed by atoms with Gasteiger partial charge in [0.25, 0.3) is 5.91 Å². The average Bonchev–Trinajstić information content (AvgIpc) is 2.64. The van der Waals surface area contributed by atoms with Gasteiger partial charge in [0.15, 0.2) is 16.7 Å². The Morgan fingerprint density at radius 3 is 2.67 bits per heavy atom. The Morgan fingerprint density at radius 2 is 1.96 bits per heavy atom. The third kappa shape index (κ3) is 4.06. The zero-order valence-electron chi connectivity index (χ0n) is 14.6. The molecule has 1 heterocycles. The number of amides is 1. The summed E-state index contributed by atoms with van der Waals surface area (Å²) in [5, 5.41) is 8.96. The van der Waals surface area contributed by atoms with Gasteiger partial charge in [-0.3, -0.25) is 4.79 Å². The molecule has 1 aliphatic heterocycles. The Morgan fingerprint density at radius 1 is 1.19 bits per heavy atom. The molecular weight excluding hydrogens is 372 g/mol. The molecule has 5 nitrogen and oxygen atoms in total. The number of rotatable bonds is 4. The zero-order valence-corrected chi connectivity index (χ0v) is 15.4. The van der Waals surface area contributed by atoms with E-state index in [0.717, 1.165) is 17.7 Å². The molecule has 140 valence electrons. The number of benzene rings is 2. The molecule has 2 aromatic rings. The van der Waals surface area contributed by atoms with E-state index >= 15 is 0 Å². The quantitative estimate of drug-likeness (QED) is 0.700. The number of ether oxygens (including phenoxy) is 1. The van der Waals surface area contributed by atoms with Crippen LogP contribution in [-0.4, -0.2) is 18.1 Å². The summed E-state index contributed by atoms with van der Waals surface area (Å²) in [6.45, 7) is 1.72. The molecule has 0 spiro atoms. The van der Waals surface area contributed by atoms with Crippen LogP contribution in [0.1, 0.15) is 18.5 Å². The molecular formula is C19H17F2N3O2S. The number of carbonyl (C=O) groups is 1. The van der Waals surface area contributed by atoms with Gasteiger partial charge in [0, 0.05) is 17.5 Å². The van der Waals surface area contributed by atoms with Crippen molar-refractivity contribution < 1.29 is 18.3 Å². The predicted octanol–water partition coefficient (Wildman–Crippen LogP) is 3.40. The number of allylic oxidation sites excluding steroid dienone is 1. The van der Waals surface area contributed by atoms with Crippen molar-refractivity contribution in [3.05, 3.63) is 70.9 Å². The van der Waals surface area contributed by atoms with Crippen LogP contribution < -0.4 is 20.7 Å². The second kappa shape index (κ2) is 7.71. The molecule has 0 aromatic heterocycles. The second-order valence-corrected chi connectivity index (χ2v) is 6.34. The number of nitrogens with one attached hydrogen (secondary N) is 3. The highest BCUT2D eigenvalue weighted by Crippen LogP contribution is 2.30. The molecule has 0 bridgehead atoms. The van der Waals surface area contributed by atoms with E-state index in [9.17, 15) is 13.6 Å². The van der Waals surface area contributed by atoms with Crippen molar-refractivity contribution >= 4 is 28.9 Å². The third-order valence-electron chi connectivity index (χ3n) is 4.12. The SMILES string of the molecule is COc1cccc([C@@H]2NC(=S)NC(C)=C2C(=O)Nc2ccc(F)c(F)c2)c1. The van der Waals surface area contributed by atoms with E-state index in [1.165, 1.54) is 6.07 Å². The summed E-state index contributed by atoms with van der Waals surface area (Å²) >= 11 is 5.21. The average molecular weight is 389 g/mol. The van der Waals surface area contributed by atoms with Gasteiger partial charge in [0.05, 0.1) is 18.7 Å². The minimum atomic E-state index is -1.04. The molecule has 8 heteroatoms. The number of carbonyl (C=O) groups excluding carboxylic acids is 1. The number of anilines is 1. The van der Waals surface area contributed by atoms with Crippen LogP contribution in [0.2, 0.25) is 0 Å². The van der Waals surface area contributed by atoms with E-state index in [1.54, 1.807) is 32.2 Å². The van der Waals surface area contributed by atoms with Crippen molar-refractivity contribution in [3.8, 4) is 5.75 Å². The van der Waals surface area contributed by atoms with Gasteiger partial charge >= 0.3 is 0 Å². The van der Waals surface area contributed by atoms with E-state index in [4.69, 9.17) is 17.0 Å². The lowest BCUT2D eigenvalue weighted by Gasteiger charge is -2.30. The first-order valence-corrected chi connectivity index (χ1v) is 8.48. The Bertz CT molecular complexity index is 946. The summed E-state index contributed by atoms with van der Waals surface area (Å²) in [5.74, 6) is -1.85. The Balaban J connectivity index is 1.95. The molecule has 0 fully saturated rings. The lowest BCUT2D eigenvalue weighted by Crippen LogP contribution is -2.45. The number of halogens is 2. The Hall–Kier alpha value is -3.00. The van der Waals surface area contributed by atoms with Gasteiger partial charge in [-0.1, -0.05) is 12.1 Å². The summed E-state index contributed by atoms with van der Waals surface area (Å²) in [5.41, 5.74) is 1.86. The molecule has 1 aliphatic rings. The van der Waals surface area contributed by atoms with Gasteiger partial charge in [0.1, 0.15) is 5.75 Å². The van der Waals surface area contributed by atoms with E-state index < -0.39 is 23.6 Å². The maximum Gasteiger partial charge on any atom is 0.255 e. The van der Waals surface area contributed by atoms with Crippen LogP contribution >= 0.6 is 12.2 Å². The van der Waals surface area contributed by atoms with E-state index in [2.05, 4.69) is 16.0 Å². The molecule has 0 unspecified atom stereocenters. The summed E-state index contributed by atoms with van der Waals surface area (Å²) in [7, 11) is 1.55. The van der Waals surface area contributed by atoms with Gasteiger partial charge in [-0.15, -0.1) is 0 Å². The summed E-state index contributed by atoms with van der Waals surface area (Å²) in [6, 6.07) is 9.88. The van der Waals surface area contributed by atoms with Gasteiger partial charge in [-0.25, -0.2) is 8.78 Å². The van der Waals surface area contributed by atoms with Gasteiger partial charge in [-0.2, -0.15) is 0 Å². The molecule has 0 radical (unpaired) electrons. The normalized spacial score (nSPS) is 16.4. The van der Waals surface area contributed by atoms with Crippen molar-refractivity contribution in [1.82, 2.24) is 10.6 Å². The molecule has 3 rings (SSSR count). The molecule has 1 amide bonds. The molecule has 0 aliphatic carbocycles. The standard InChI is InChI=1S/C19H17F2N3O2S/c1-10-16(18(25)23-12-6-7-14(20)15(21)9-12)17(24-19(27)22-10)11-4-3-5-13(8-11)26-2/h3-9,17H,1-2H3,(H,23,25)(H2,22,24,27)/t17-/m0/s1. The Kier molecular flexibility index (Phi) is 5.36. The molecule has 3 N–H and O–H groups in total. The largest absolute Gasteiger partial charge is 0.497 e. The number of hydrogen-bond donors (Lipinski definition) is 3. The van der Waals surface area contributed by atoms with Gasteiger partial charge < -0.3 is 20.7 Å². The van der Waals surface area contributed by atoms with Crippen LogP contribution in [0.5, 0.6) is 5.75 Å². The fourth-order valence-electron chi connectivity index (χ4n) is 2.84. The monoisotopic (exact) mass is 389 g/mol. The van der Waals surface area contributed by atoms with Crippen molar-refractivity contribution in [2.24, 2.45) is 0 Å². The highest BCUT2D eigenvalue weighted by molar-refractivity contribution is 7.80. The van der Waals surface area contributed by atoms with Crippen LogP contribution in [0.25, 0.3) is 0 Å². The van der Waals surface area contributed by atoms with Crippen LogP contribution in [0.4, 0.5) is 14.5 Å². The van der Waals surface area contributed by atoms with Crippen molar-refractivity contribution in [2.45, 2.75) is 13.0 Å². The lowest BCUT2D eigenvalue weighted by atomic mass is 9.94. The van der Waals surface area contributed by atoms with Crippen molar-refractivity contribution in [2.75, 3.05) is 12.4 Å². The van der Waals surface area contributed by atoms with E-state index in [-0.39, 0.29) is 5.69 Å². The first-order chi connectivity index (χ1) is 12.9. The smallest absolute Gasteiger partial charge is 0.255 e. The predicted molar refractivity (Wildman–Crippen MR) is 102 cm³/mol. The van der Waals surface area contributed by atoms with Crippen molar-refractivity contribution in [1.29, 1.82) is 0 Å². The summed E-state index contributed by atoms with van der Waals surface area (Å²) in [6.07, 6.45) is 0. The van der Waals surface area contributed by atoms with Crippen LogP contribution in [0.15, 0.2) is 53.7 Å². The molecule has 2 aromatic carbocycles. The molecule has 0 saturated carbocycles. The lowest BCUT2D eigenvalue weighted by molar-refractivity contribution is -0.113. The van der Waals surface area contributed by atoms with Gasteiger partial charge in [-0.05, 0) is 49.0 Å². The fraction of sp³-hybridized carbons (Fsp3) is 0.158. The maximum atomic E-state index is 13.4. The first-order valence-electron chi connectivity index (χ1n) is 8.07. The maximum absolute atomic E-state index is 13.4. The Labute approximate surface area is 160 Å². The second-order valence-electron chi connectivity index (χ2n) is 5.93. The van der Waals surface area contributed by atoms with Crippen LogP contribution in [0, 0.1) is 11.6 Å². The van der Waals surface area contributed by atoms with Gasteiger partial charge in [0.2, 0.25) is 0 Å². The molecule has 1 atom stereocenters. The minimum Gasteiger partial charge on any atom is -0.497 e. The highest BCUT2D eigenvalue weighted by atomic mass is 32.1. The summed E-state index contributed by atoms with van der Waals surface area (Å²) in [4.78, 5) is 12.9. The van der Waals surface area contributed by atoms with E-state index in [1.807, 2.05) is 6.07 Å². The highest BCUT2D eigenvalue weighted by Gasteiger charge is 2.30. The van der Waals surface area contributed by atoms with E-state index in [0.29, 0.717) is 22.1 Å². The summed E-state index contributed by atoms with van der Waals surface area (Å²) < 4.78 is 31.8. The number of hydrogen-bond acceptors (Lipinski definition) is 3. The molecule has 27 heavy (non-hydrogen) atoms.